The molecule has 0 N–H and O–H groups in total. The van der Waals surface area contributed by atoms with Gasteiger partial charge in [-0.3, -0.25) is 0 Å². The van der Waals surface area contributed by atoms with Crippen LogP contribution in [-0.2, 0) is 0 Å². The maximum Gasteiger partial charge on any atom is 0.0931 e. The van der Waals surface area contributed by atoms with Crippen molar-refractivity contribution < 1.29 is 0 Å². The summed E-state index contributed by atoms with van der Waals surface area (Å²) in [5.74, 6) is 0. The number of nitrogens with zero attached hydrogens (tertiary/aromatic N) is 2. The Balaban J connectivity index is 2.77. The maximum atomic E-state index is 5.65. The van der Waals surface area contributed by atoms with Gasteiger partial charge in [-0.1, -0.05) is 4.49 Å². The molecule has 0 aliphatic rings. The van der Waals surface area contributed by atoms with Gasteiger partial charge in [0.1, 0.15) is 0 Å². The lowest BCUT2D eigenvalue weighted by atomic mass is 10.4. The first-order valence-corrected chi connectivity index (χ1v) is 3.49. The Kier molecular flexibility index (Phi) is 1.81. The highest BCUT2D eigenvalue weighted by Crippen LogP contribution is 2.16. The average Bonchev–Trinajstić information content (AvgIpc) is 2.12. The highest BCUT2D eigenvalue weighted by molar-refractivity contribution is 7.03. The van der Waals surface area contributed by atoms with E-state index in [2.05, 4.69) is 9.59 Å². The predicted octanol–water partition coefficient (Wildman–Crippen LogP) is 1.84. The molecule has 1 aromatic heterocycles. The maximum absolute atomic E-state index is 5.65. The minimum atomic E-state index is -0.00579. The van der Waals surface area contributed by atoms with Crippen LogP contribution in [0.3, 0.4) is 0 Å². The summed E-state index contributed by atoms with van der Waals surface area (Å²) in [6, 6.07) is 0. The quantitative estimate of drug-likeness (QED) is 0.568. The summed E-state index contributed by atoms with van der Waals surface area (Å²) in [4.78, 5) is 0. The lowest BCUT2D eigenvalue weighted by molar-refractivity contribution is 0.961. The zero-order chi connectivity index (χ0) is 5.98. The van der Waals surface area contributed by atoms with E-state index >= 15 is 0 Å². The Labute approximate surface area is 56.7 Å². The van der Waals surface area contributed by atoms with Gasteiger partial charge in [0, 0.05) is 5.38 Å². The molecule has 8 heavy (non-hydrogen) atoms. The average molecular weight is 149 g/mol. The minimum absolute atomic E-state index is 0.00579. The molecule has 0 saturated heterocycles. The van der Waals surface area contributed by atoms with E-state index in [9.17, 15) is 0 Å². The number of aromatic nitrogens is 2. The van der Waals surface area contributed by atoms with Gasteiger partial charge in [0.15, 0.2) is 0 Å². The summed E-state index contributed by atoms with van der Waals surface area (Å²) < 4.78 is 3.65. The van der Waals surface area contributed by atoms with Crippen molar-refractivity contribution in [1.82, 2.24) is 9.59 Å². The fourth-order valence-corrected chi connectivity index (χ4v) is 1.07. The van der Waals surface area contributed by atoms with Crippen LogP contribution in [0.15, 0.2) is 5.38 Å². The molecule has 4 heteroatoms. The SMILES string of the molecule is C[C@H](Cl)c1csnn1. The molecule has 0 saturated carbocycles. The fourth-order valence-electron chi connectivity index (χ4n) is 0.345. The summed E-state index contributed by atoms with van der Waals surface area (Å²) in [6.45, 7) is 1.87. The summed E-state index contributed by atoms with van der Waals surface area (Å²) in [6.07, 6.45) is 0. The summed E-state index contributed by atoms with van der Waals surface area (Å²) in [5.41, 5.74) is 0.858. The van der Waals surface area contributed by atoms with E-state index in [-0.39, 0.29) is 5.38 Å². The van der Waals surface area contributed by atoms with E-state index in [1.165, 1.54) is 11.5 Å². The largest absolute Gasteiger partial charge is 0.142 e. The van der Waals surface area contributed by atoms with E-state index in [0.29, 0.717) is 0 Å². The third kappa shape index (κ3) is 1.17. The Bertz CT molecular complexity index is 149. The Morgan fingerprint density at radius 1 is 1.88 bits per heavy atom. The predicted molar refractivity (Wildman–Crippen MR) is 34.2 cm³/mol. The molecule has 1 atom stereocenters. The molecule has 44 valence electrons. The number of alkyl halides is 1. The van der Waals surface area contributed by atoms with Crippen LogP contribution in [0, 0.1) is 0 Å². The van der Waals surface area contributed by atoms with Crippen LogP contribution in [0.25, 0.3) is 0 Å². The van der Waals surface area contributed by atoms with Gasteiger partial charge >= 0.3 is 0 Å². The molecule has 0 aliphatic carbocycles. The second-order valence-electron chi connectivity index (χ2n) is 1.45. The zero-order valence-electron chi connectivity index (χ0n) is 4.34. The zero-order valence-corrected chi connectivity index (χ0v) is 5.91. The van der Waals surface area contributed by atoms with Crippen molar-refractivity contribution in [3.05, 3.63) is 11.1 Å². The summed E-state index contributed by atoms with van der Waals surface area (Å²) >= 11 is 6.97. The monoisotopic (exact) mass is 148 g/mol. The van der Waals surface area contributed by atoms with Crippen LogP contribution in [0.1, 0.15) is 18.0 Å². The topological polar surface area (TPSA) is 25.8 Å². The van der Waals surface area contributed by atoms with Gasteiger partial charge in [0.05, 0.1) is 11.1 Å². The summed E-state index contributed by atoms with van der Waals surface area (Å²) in [7, 11) is 0. The molecule has 0 aliphatic heterocycles. The molecular formula is C4H5ClN2S. The van der Waals surface area contributed by atoms with Crippen molar-refractivity contribution in [3.63, 3.8) is 0 Å². The third-order valence-corrected chi connectivity index (χ3v) is 1.53. The van der Waals surface area contributed by atoms with E-state index in [0.717, 1.165) is 5.69 Å². The van der Waals surface area contributed by atoms with Crippen molar-refractivity contribution in [2.75, 3.05) is 0 Å². The highest BCUT2D eigenvalue weighted by atomic mass is 35.5. The van der Waals surface area contributed by atoms with Gasteiger partial charge in [-0.2, -0.15) is 0 Å². The smallest absolute Gasteiger partial charge is 0.0931 e. The van der Waals surface area contributed by atoms with Crippen LogP contribution >= 0.6 is 23.1 Å². The molecule has 0 spiro atoms. The normalized spacial score (nSPS) is 13.8. The molecule has 2 nitrogen and oxygen atoms in total. The van der Waals surface area contributed by atoms with Crippen molar-refractivity contribution in [3.8, 4) is 0 Å². The van der Waals surface area contributed by atoms with E-state index in [1.54, 1.807) is 0 Å². The molecule has 0 radical (unpaired) electrons. The second-order valence-corrected chi connectivity index (χ2v) is 2.71. The van der Waals surface area contributed by atoms with Crippen LogP contribution in [0.2, 0.25) is 0 Å². The van der Waals surface area contributed by atoms with E-state index in [1.807, 2.05) is 12.3 Å². The van der Waals surface area contributed by atoms with Crippen LogP contribution in [0.5, 0.6) is 0 Å². The van der Waals surface area contributed by atoms with Crippen molar-refractivity contribution in [2.45, 2.75) is 12.3 Å². The van der Waals surface area contributed by atoms with E-state index in [4.69, 9.17) is 11.6 Å². The Hall–Kier alpha value is -0.150. The van der Waals surface area contributed by atoms with Gasteiger partial charge in [-0.15, -0.1) is 16.7 Å². The molecule has 0 unspecified atom stereocenters. The standard InChI is InChI=1S/C4H5ClN2S/c1-3(5)4-2-8-7-6-4/h2-3H,1H3/t3-/m0/s1. The van der Waals surface area contributed by atoms with Crippen LogP contribution < -0.4 is 0 Å². The van der Waals surface area contributed by atoms with Crippen molar-refractivity contribution in [1.29, 1.82) is 0 Å². The summed E-state index contributed by atoms with van der Waals surface area (Å²) in [5, 5.41) is 5.59. The molecule has 1 heterocycles. The van der Waals surface area contributed by atoms with Crippen molar-refractivity contribution in [2.24, 2.45) is 0 Å². The van der Waals surface area contributed by atoms with E-state index < -0.39 is 0 Å². The number of hydrogen-bond acceptors (Lipinski definition) is 3. The lowest BCUT2D eigenvalue weighted by Crippen LogP contribution is -1.81. The minimum Gasteiger partial charge on any atom is -0.142 e. The molecule has 1 rings (SSSR count). The van der Waals surface area contributed by atoms with Crippen LogP contribution in [0.4, 0.5) is 0 Å². The van der Waals surface area contributed by atoms with Gasteiger partial charge < -0.3 is 0 Å². The Morgan fingerprint density at radius 3 is 2.88 bits per heavy atom. The lowest BCUT2D eigenvalue weighted by Gasteiger charge is -1.90. The molecule has 0 aromatic carbocycles. The first-order chi connectivity index (χ1) is 3.80. The molecule has 0 fully saturated rings. The highest BCUT2D eigenvalue weighted by Gasteiger charge is 2.01. The van der Waals surface area contributed by atoms with Gasteiger partial charge in [-0.05, 0) is 18.5 Å². The second kappa shape index (κ2) is 2.42. The third-order valence-electron chi connectivity index (χ3n) is 0.784. The first kappa shape index (κ1) is 5.98. The van der Waals surface area contributed by atoms with Gasteiger partial charge in [-0.25, -0.2) is 0 Å². The molecule has 0 amide bonds. The molecule has 1 aromatic rings. The van der Waals surface area contributed by atoms with Crippen molar-refractivity contribution >= 4 is 23.1 Å². The van der Waals surface area contributed by atoms with Crippen LogP contribution in [-0.4, -0.2) is 9.59 Å². The number of rotatable bonds is 1. The molecule has 0 bridgehead atoms. The number of hydrogen-bond donors (Lipinski definition) is 0. The molecular weight excluding hydrogens is 144 g/mol. The Morgan fingerprint density at radius 2 is 2.62 bits per heavy atom. The van der Waals surface area contributed by atoms with Gasteiger partial charge in [0.25, 0.3) is 0 Å². The number of halogens is 1. The van der Waals surface area contributed by atoms with Gasteiger partial charge in [0.2, 0.25) is 0 Å². The first-order valence-electron chi connectivity index (χ1n) is 2.21. The fraction of sp³-hybridized carbons (Fsp3) is 0.500.